The van der Waals surface area contributed by atoms with E-state index in [9.17, 15) is 17.6 Å². The van der Waals surface area contributed by atoms with Gasteiger partial charge in [-0.05, 0) is 43.7 Å². The Labute approximate surface area is 169 Å². The van der Waals surface area contributed by atoms with Crippen LogP contribution in [0, 0.1) is 12.7 Å². The van der Waals surface area contributed by atoms with Crippen molar-refractivity contribution >= 4 is 28.6 Å². The monoisotopic (exact) mass is 427 g/mol. The smallest absolute Gasteiger partial charge is 0.344 e. The van der Waals surface area contributed by atoms with Crippen molar-refractivity contribution in [3.05, 3.63) is 59.4 Å². The lowest BCUT2D eigenvalue weighted by Crippen LogP contribution is -2.27. The van der Waals surface area contributed by atoms with Crippen LogP contribution < -0.4 is 9.46 Å². The van der Waals surface area contributed by atoms with E-state index in [1.54, 1.807) is 25.1 Å². The molecule has 0 aliphatic heterocycles. The fourth-order valence-electron chi connectivity index (χ4n) is 2.29. The standard InChI is InChI=1S/C19H22FNO5S2/c1-3-25-19(22)12-26-17-9-6-14(10-16(17)20)18(27)11-21-28(23,24)15-7-4-13(2)5-8-15/h4-10,18,21,27H,3,11-12H2,1-2H3. The van der Waals surface area contributed by atoms with E-state index in [-0.39, 0.29) is 23.8 Å². The Hall–Kier alpha value is -2.10. The lowest BCUT2D eigenvalue weighted by molar-refractivity contribution is -0.145. The van der Waals surface area contributed by atoms with Crippen molar-refractivity contribution in [2.45, 2.75) is 24.0 Å². The molecular weight excluding hydrogens is 405 g/mol. The van der Waals surface area contributed by atoms with E-state index in [0.29, 0.717) is 5.56 Å². The maximum atomic E-state index is 14.2. The predicted molar refractivity (Wildman–Crippen MR) is 107 cm³/mol. The highest BCUT2D eigenvalue weighted by atomic mass is 32.2. The number of hydrogen-bond donors (Lipinski definition) is 2. The van der Waals surface area contributed by atoms with Crippen LogP contribution in [0.3, 0.4) is 0 Å². The van der Waals surface area contributed by atoms with Gasteiger partial charge in [0.15, 0.2) is 18.2 Å². The predicted octanol–water partition coefficient (Wildman–Crippen LogP) is 3.03. The quantitative estimate of drug-likeness (QED) is 0.475. The molecule has 152 valence electrons. The van der Waals surface area contributed by atoms with Crippen LogP contribution in [0.15, 0.2) is 47.4 Å². The van der Waals surface area contributed by atoms with Gasteiger partial charge in [0.05, 0.1) is 11.5 Å². The van der Waals surface area contributed by atoms with Crippen LogP contribution in [0.5, 0.6) is 5.75 Å². The largest absolute Gasteiger partial charge is 0.479 e. The number of rotatable bonds is 9. The first kappa shape index (κ1) is 22.2. The molecule has 28 heavy (non-hydrogen) atoms. The molecule has 2 rings (SSSR count). The van der Waals surface area contributed by atoms with E-state index in [2.05, 4.69) is 17.4 Å². The van der Waals surface area contributed by atoms with E-state index >= 15 is 0 Å². The summed E-state index contributed by atoms with van der Waals surface area (Å²) in [6.45, 7) is 3.31. The second-order valence-corrected chi connectivity index (χ2v) is 8.35. The minimum absolute atomic E-state index is 0.0260. The molecule has 0 saturated heterocycles. The molecule has 9 heteroatoms. The number of nitrogens with one attached hydrogen (secondary N) is 1. The average Bonchev–Trinajstić information content (AvgIpc) is 2.65. The van der Waals surface area contributed by atoms with Crippen molar-refractivity contribution in [2.75, 3.05) is 19.8 Å². The zero-order valence-corrected chi connectivity index (χ0v) is 17.2. The molecule has 0 aliphatic carbocycles. The number of aryl methyl sites for hydroxylation is 1. The number of halogens is 1. The summed E-state index contributed by atoms with van der Waals surface area (Å²) in [6.07, 6.45) is 0. The molecule has 1 atom stereocenters. The van der Waals surface area contributed by atoms with Crippen LogP contribution in [0.4, 0.5) is 4.39 Å². The Morgan fingerprint density at radius 2 is 1.89 bits per heavy atom. The maximum absolute atomic E-state index is 14.2. The van der Waals surface area contributed by atoms with E-state index in [1.165, 1.54) is 24.3 Å². The van der Waals surface area contributed by atoms with Crippen LogP contribution in [-0.4, -0.2) is 34.1 Å². The van der Waals surface area contributed by atoms with Crippen molar-refractivity contribution in [1.29, 1.82) is 0 Å². The van der Waals surface area contributed by atoms with Gasteiger partial charge in [0, 0.05) is 11.8 Å². The van der Waals surface area contributed by atoms with Crippen molar-refractivity contribution < 1.29 is 27.1 Å². The molecule has 0 saturated carbocycles. The van der Waals surface area contributed by atoms with Crippen LogP contribution in [-0.2, 0) is 19.6 Å². The number of ether oxygens (including phenoxy) is 2. The Morgan fingerprint density at radius 3 is 2.50 bits per heavy atom. The molecule has 0 bridgehead atoms. The summed E-state index contributed by atoms with van der Waals surface area (Å²) in [5.74, 6) is -1.37. The minimum Gasteiger partial charge on any atom is -0.479 e. The number of thiol groups is 1. The molecule has 1 unspecified atom stereocenters. The maximum Gasteiger partial charge on any atom is 0.344 e. The molecule has 1 N–H and O–H groups in total. The van der Waals surface area contributed by atoms with Gasteiger partial charge in [0.2, 0.25) is 10.0 Å². The van der Waals surface area contributed by atoms with Gasteiger partial charge in [-0.25, -0.2) is 22.3 Å². The van der Waals surface area contributed by atoms with Gasteiger partial charge < -0.3 is 9.47 Å². The summed E-state index contributed by atoms with van der Waals surface area (Å²) >= 11 is 4.35. The van der Waals surface area contributed by atoms with Crippen LogP contribution >= 0.6 is 12.6 Å². The molecule has 0 spiro atoms. The summed E-state index contributed by atoms with van der Waals surface area (Å²) < 4.78 is 51.1. The number of carbonyl (C=O) groups is 1. The fourth-order valence-corrected chi connectivity index (χ4v) is 3.71. The lowest BCUT2D eigenvalue weighted by Gasteiger charge is -2.14. The Balaban J connectivity index is 1.98. The molecule has 0 aromatic heterocycles. The van der Waals surface area contributed by atoms with Crippen molar-refractivity contribution in [3.8, 4) is 5.75 Å². The molecule has 0 radical (unpaired) electrons. The third-order valence-electron chi connectivity index (χ3n) is 3.79. The average molecular weight is 428 g/mol. The second kappa shape index (κ2) is 9.90. The van der Waals surface area contributed by atoms with Crippen LogP contribution in [0.2, 0.25) is 0 Å². The number of benzene rings is 2. The third kappa shape index (κ3) is 6.22. The van der Waals surface area contributed by atoms with Gasteiger partial charge in [-0.3, -0.25) is 0 Å². The Kier molecular flexibility index (Phi) is 7.85. The molecule has 2 aromatic rings. The number of hydrogen-bond acceptors (Lipinski definition) is 6. The van der Waals surface area contributed by atoms with E-state index < -0.39 is 33.7 Å². The number of esters is 1. The van der Waals surface area contributed by atoms with Crippen LogP contribution in [0.25, 0.3) is 0 Å². The summed E-state index contributed by atoms with van der Waals surface area (Å²) in [6, 6.07) is 10.6. The van der Waals surface area contributed by atoms with Gasteiger partial charge in [-0.15, -0.1) is 0 Å². The van der Waals surface area contributed by atoms with Crippen molar-refractivity contribution in [1.82, 2.24) is 4.72 Å². The van der Waals surface area contributed by atoms with Crippen molar-refractivity contribution in [3.63, 3.8) is 0 Å². The van der Waals surface area contributed by atoms with E-state index in [4.69, 9.17) is 9.47 Å². The molecule has 0 heterocycles. The Morgan fingerprint density at radius 1 is 1.21 bits per heavy atom. The summed E-state index contributed by atoms with van der Waals surface area (Å²) in [5, 5.41) is -0.575. The highest BCUT2D eigenvalue weighted by molar-refractivity contribution is 7.89. The molecule has 2 aromatic carbocycles. The van der Waals surface area contributed by atoms with Crippen molar-refractivity contribution in [2.24, 2.45) is 0 Å². The van der Waals surface area contributed by atoms with Crippen LogP contribution in [0.1, 0.15) is 23.3 Å². The van der Waals surface area contributed by atoms with Gasteiger partial charge >= 0.3 is 5.97 Å². The highest BCUT2D eigenvalue weighted by Crippen LogP contribution is 2.25. The van der Waals surface area contributed by atoms with Gasteiger partial charge in [-0.2, -0.15) is 12.6 Å². The zero-order valence-electron chi connectivity index (χ0n) is 15.5. The zero-order chi connectivity index (χ0) is 20.7. The normalized spacial score (nSPS) is 12.4. The third-order valence-corrected chi connectivity index (χ3v) is 5.71. The Bertz CT molecular complexity index is 916. The van der Waals surface area contributed by atoms with Gasteiger partial charge in [-0.1, -0.05) is 23.8 Å². The van der Waals surface area contributed by atoms with E-state index in [0.717, 1.165) is 5.56 Å². The minimum atomic E-state index is -3.69. The second-order valence-electron chi connectivity index (χ2n) is 5.96. The summed E-state index contributed by atoms with van der Waals surface area (Å²) in [4.78, 5) is 11.4. The number of sulfonamides is 1. The van der Waals surface area contributed by atoms with Gasteiger partial charge in [0.1, 0.15) is 0 Å². The molecular formula is C19H22FNO5S2. The SMILES string of the molecule is CCOC(=O)COc1ccc(C(S)CNS(=O)(=O)c2ccc(C)cc2)cc1F. The molecule has 0 amide bonds. The summed E-state index contributed by atoms with van der Waals surface area (Å²) in [7, 11) is -3.69. The fraction of sp³-hybridized carbons (Fsp3) is 0.316. The highest BCUT2D eigenvalue weighted by Gasteiger charge is 2.17. The van der Waals surface area contributed by atoms with E-state index in [1.807, 2.05) is 6.92 Å². The summed E-state index contributed by atoms with van der Waals surface area (Å²) in [5.41, 5.74) is 1.42. The first-order valence-corrected chi connectivity index (χ1v) is 10.5. The number of carbonyl (C=O) groups excluding carboxylic acids is 1. The molecule has 0 aliphatic rings. The molecule has 0 fully saturated rings. The lowest BCUT2D eigenvalue weighted by atomic mass is 10.1. The molecule has 6 nitrogen and oxygen atoms in total. The first-order chi connectivity index (χ1) is 13.2. The first-order valence-electron chi connectivity index (χ1n) is 8.55. The topological polar surface area (TPSA) is 81.7 Å². The van der Waals surface area contributed by atoms with Gasteiger partial charge in [0.25, 0.3) is 0 Å².